The molecule has 2 aromatic carbocycles. The Kier molecular flexibility index (Phi) is 5.42. The summed E-state index contributed by atoms with van der Waals surface area (Å²) < 4.78 is 6.02. The molecule has 0 spiro atoms. The number of carbonyl (C=O) groups excluding carboxylic acids is 1. The molecule has 0 saturated carbocycles. The average Bonchev–Trinajstić information content (AvgIpc) is 2.63. The molecule has 0 radical (unpaired) electrons. The SMILES string of the molecule is CC[C@H](Oc1ccc2c(c1)CCCC2)C(=O)Nc1cccc(C)c1C. The van der Waals surface area contributed by atoms with Crippen molar-refractivity contribution in [2.24, 2.45) is 0 Å². The Labute approximate surface area is 150 Å². The predicted molar refractivity (Wildman–Crippen MR) is 102 cm³/mol. The van der Waals surface area contributed by atoms with Gasteiger partial charge in [0.25, 0.3) is 5.91 Å². The highest BCUT2D eigenvalue weighted by atomic mass is 16.5. The van der Waals surface area contributed by atoms with E-state index >= 15 is 0 Å². The van der Waals surface area contributed by atoms with E-state index in [-0.39, 0.29) is 5.91 Å². The average molecular weight is 337 g/mol. The van der Waals surface area contributed by atoms with Crippen molar-refractivity contribution in [2.75, 3.05) is 5.32 Å². The van der Waals surface area contributed by atoms with Crippen molar-refractivity contribution in [1.29, 1.82) is 0 Å². The van der Waals surface area contributed by atoms with Gasteiger partial charge in [-0.3, -0.25) is 4.79 Å². The van der Waals surface area contributed by atoms with Crippen LogP contribution in [0.15, 0.2) is 36.4 Å². The van der Waals surface area contributed by atoms with E-state index < -0.39 is 6.10 Å². The molecule has 0 bridgehead atoms. The van der Waals surface area contributed by atoms with E-state index in [0.29, 0.717) is 6.42 Å². The second-order valence-electron chi connectivity index (χ2n) is 6.89. The molecule has 1 N–H and O–H groups in total. The van der Waals surface area contributed by atoms with E-state index in [4.69, 9.17) is 4.74 Å². The molecule has 132 valence electrons. The topological polar surface area (TPSA) is 38.3 Å². The van der Waals surface area contributed by atoms with Gasteiger partial charge in [-0.05, 0) is 86.4 Å². The zero-order valence-corrected chi connectivity index (χ0v) is 15.4. The summed E-state index contributed by atoms with van der Waals surface area (Å²) in [5.74, 6) is 0.706. The molecule has 3 heteroatoms. The van der Waals surface area contributed by atoms with Crippen LogP contribution in [0.2, 0.25) is 0 Å². The maximum Gasteiger partial charge on any atom is 0.265 e. The lowest BCUT2D eigenvalue weighted by Crippen LogP contribution is -2.32. The minimum absolute atomic E-state index is 0.0890. The molecule has 0 heterocycles. The molecule has 3 rings (SSSR count). The van der Waals surface area contributed by atoms with E-state index in [0.717, 1.165) is 29.8 Å². The van der Waals surface area contributed by atoms with E-state index in [1.165, 1.54) is 29.5 Å². The zero-order chi connectivity index (χ0) is 17.8. The lowest BCUT2D eigenvalue weighted by molar-refractivity contribution is -0.122. The normalized spacial score (nSPS) is 14.5. The molecular formula is C22H27NO2. The zero-order valence-electron chi connectivity index (χ0n) is 15.4. The van der Waals surface area contributed by atoms with Gasteiger partial charge in [0.05, 0.1) is 0 Å². The van der Waals surface area contributed by atoms with Crippen molar-refractivity contribution >= 4 is 11.6 Å². The smallest absolute Gasteiger partial charge is 0.265 e. The Morgan fingerprint density at radius 1 is 1.12 bits per heavy atom. The Balaban J connectivity index is 1.71. The summed E-state index contributed by atoms with van der Waals surface area (Å²) in [5, 5.41) is 3.02. The first-order valence-corrected chi connectivity index (χ1v) is 9.24. The molecule has 2 aromatic rings. The summed E-state index contributed by atoms with van der Waals surface area (Å²) in [6, 6.07) is 12.2. The Morgan fingerprint density at radius 2 is 1.88 bits per heavy atom. The van der Waals surface area contributed by atoms with E-state index in [2.05, 4.69) is 17.4 Å². The van der Waals surface area contributed by atoms with Gasteiger partial charge in [-0.2, -0.15) is 0 Å². The molecule has 1 amide bonds. The lowest BCUT2D eigenvalue weighted by Gasteiger charge is -2.21. The third-order valence-electron chi connectivity index (χ3n) is 5.12. The molecule has 0 saturated heterocycles. The number of ether oxygens (including phenoxy) is 1. The van der Waals surface area contributed by atoms with Crippen LogP contribution in [-0.4, -0.2) is 12.0 Å². The molecule has 0 aromatic heterocycles. The third-order valence-corrected chi connectivity index (χ3v) is 5.12. The number of carbonyl (C=O) groups is 1. The van der Waals surface area contributed by atoms with Gasteiger partial charge < -0.3 is 10.1 Å². The minimum atomic E-state index is -0.485. The first-order valence-electron chi connectivity index (χ1n) is 9.24. The molecule has 1 aliphatic rings. The van der Waals surface area contributed by atoms with Gasteiger partial charge in [0.15, 0.2) is 6.10 Å². The van der Waals surface area contributed by atoms with Crippen molar-refractivity contribution in [3.05, 3.63) is 58.7 Å². The van der Waals surface area contributed by atoms with Crippen LogP contribution in [0.4, 0.5) is 5.69 Å². The Hall–Kier alpha value is -2.29. The summed E-state index contributed by atoms with van der Waals surface area (Å²) >= 11 is 0. The summed E-state index contributed by atoms with van der Waals surface area (Å²) in [5.41, 5.74) is 5.92. The number of benzene rings is 2. The van der Waals surface area contributed by atoms with Crippen LogP contribution in [0.5, 0.6) is 5.75 Å². The van der Waals surface area contributed by atoms with Gasteiger partial charge >= 0.3 is 0 Å². The number of amides is 1. The van der Waals surface area contributed by atoms with Crippen molar-refractivity contribution in [1.82, 2.24) is 0 Å². The van der Waals surface area contributed by atoms with Crippen molar-refractivity contribution in [3.63, 3.8) is 0 Å². The minimum Gasteiger partial charge on any atom is -0.481 e. The Morgan fingerprint density at radius 3 is 2.64 bits per heavy atom. The molecule has 1 aliphatic carbocycles. The number of anilines is 1. The fourth-order valence-electron chi connectivity index (χ4n) is 3.37. The van der Waals surface area contributed by atoms with E-state index in [1.807, 2.05) is 45.0 Å². The summed E-state index contributed by atoms with van der Waals surface area (Å²) in [4.78, 5) is 12.7. The quantitative estimate of drug-likeness (QED) is 0.836. The highest BCUT2D eigenvalue weighted by Crippen LogP contribution is 2.26. The number of hydrogen-bond donors (Lipinski definition) is 1. The van der Waals surface area contributed by atoms with Crippen LogP contribution in [0, 0.1) is 13.8 Å². The maximum atomic E-state index is 12.7. The summed E-state index contributed by atoms with van der Waals surface area (Å²) in [6.45, 7) is 6.05. The van der Waals surface area contributed by atoms with Gasteiger partial charge in [0, 0.05) is 5.69 Å². The number of nitrogens with one attached hydrogen (secondary N) is 1. The Bertz CT molecular complexity index is 767. The highest BCUT2D eigenvalue weighted by Gasteiger charge is 2.20. The number of fused-ring (bicyclic) bond motifs is 1. The molecule has 3 nitrogen and oxygen atoms in total. The van der Waals surface area contributed by atoms with Gasteiger partial charge in [-0.15, -0.1) is 0 Å². The van der Waals surface area contributed by atoms with E-state index in [1.54, 1.807) is 0 Å². The first kappa shape index (κ1) is 17.5. The van der Waals surface area contributed by atoms with Gasteiger partial charge in [-0.25, -0.2) is 0 Å². The molecule has 0 fully saturated rings. The van der Waals surface area contributed by atoms with Crippen LogP contribution in [0.1, 0.15) is 48.4 Å². The third kappa shape index (κ3) is 4.04. The second kappa shape index (κ2) is 7.73. The number of hydrogen-bond acceptors (Lipinski definition) is 2. The molecule has 0 aliphatic heterocycles. The monoisotopic (exact) mass is 337 g/mol. The number of rotatable bonds is 5. The molecule has 0 unspecified atom stereocenters. The first-order chi connectivity index (χ1) is 12.1. The van der Waals surface area contributed by atoms with Gasteiger partial charge in [0.1, 0.15) is 5.75 Å². The highest BCUT2D eigenvalue weighted by molar-refractivity contribution is 5.95. The van der Waals surface area contributed by atoms with Crippen LogP contribution >= 0.6 is 0 Å². The lowest BCUT2D eigenvalue weighted by atomic mass is 9.92. The van der Waals surface area contributed by atoms with Crippen LogP contribution in [0.3, 0.4) is 0 Å². The van der Waals surface area contributed by atoms with E-state index in [9.17, 15) is 4.79 Å². The standard InChI is InChI=1S/C22H27NO2/c1-4-21(22(24)23-20-11-7-8-15(2)16(20)3)25-19-13-12-17-9-5-6-10-18(17)14-19/h7-8,11-14,21H,4-6,9-10H2,1-3H3,(H,23,24)/t21-/m0/s1. The van der Waals surface area contributed by atoms with Crippen LogP contribution in [-0.2, 0) is 17.6 Å². The van der Waals surface area contributed by atoms with Crippen LogP contribution in [0.25, 0.3) is 0 Å². The number of aryl methyl sites for hydroxylation is 3. The summed E-state index contributed by atoms with van der Waals surface area (Å²) in [6.07, 6.45) is 4.91. The van der Waals surface area contributed by atoms with Gasteiger partial charge in [0.2, 0.25) is 0 Å². The fraction of sp³-hybridized carbons (Fsp3) is 0.409. The van der Waals surface area contributed by atoms with Crippen molar-refractivity contribution in [2.45, 2.75) is 59.0 Å². The molecular weight excluding hydrogens is 310 g/mol. The second-order valence-corrected chi connectivity index (χ2v) is 6.89. The maximum absolute atomic E-state index is 12.7. The molecule has 25 heavy (non-hydrogen) atoms. The van der Waals surface area contributed by atoms with Crippen molar-refractivity contribution < 1.29 is 9.53 Å². The largest absolute Gasteiger partial charge is 0.481 e. The predicted octanol–water partition coefficient (Wildman–Crippen LogP) is 4.98. The van der Waals surface area contributed by atoms with Gasteiger partial charge in [-0.1, -0.05) is 25.1 Å². The van der Waals surface area contributed by atoms with Crippen LogP contribution < -0.4 is 10.1 Å². The molecule has 1 atom stereocenters. The summed E-state index contributed by atoms with van der Waals surface area (Å²) in [7, 11) is 0. The fourth-order valence-corrected chi connectivity index (χ4v) is 3.37. The van der Waals surface area contributed by atoms with Crippen molar-refractivity contribution in [3.8, 4) is 5.75 Å².